The second kappa shape index (κ2) is 4.66. The number of benzene rings is 1. The Morgan fingerprint density at radius 3 is 2.89 bits per heavy atom. The summed E-state index contributed by atoms with van der Waals surface area (Å²) in [6, 6.07) is 5.16. The topological polar surface area (TPSA) is 78.9 Å². The Balaban J connectivity index is 2.48. The molecule has 1 aliphatic rings. The summed E-state index contributed by atoms with van der Waals surface area (Å²) in [6.45, 7) is 2.12. The van der Waals surface area contributed by atoms with Crippen LogP contribution in [0.25, 0.3) is 0 Å². The molecule has 0 aromatic heterocycles. The van der Waals surface area contributed by atoms with Gasteiger partial charge in [0.05, 0.1) is 5.69 Å². The average Bonchev–Trinajstić information content (AvgIpc) is 2.31. The second-order valence-corrected chi connectivity index (χ2v) is 4.05. The van der Waals surface area contributed by atoms with Gasteiger partial charge in [0.15, 0.2) is 6.10 Å². The zero-order chi connectivity index (χ0) is 13.3. The van der Waals surface area contributed by atoms with E-state index in [0.717, 1.165) is 10.5 Å². The highest BCUT2D eigenvalue weighted by atomic mass is 16.5. The Labute approximate surface area is 104 Å². The lowest BCUT2D eigenvalue weighted by atomic mass is 10.1. The van der Waals surface area contributed by atoms with Crippen LogP contribution in [-0.4, -0.2) is 30.3 Å². The van der Waals surface area contributed by atoms with Crippen LogP contribution < -0.4 is 15.0 Å². The van der Waals surface area contributed by atoms with E-state index in [1.807, 2.05) is 6.07 Å². The Kier molecular flexibility index (Phi) is 3.20. The number of amides is 2. The Morgan fingerprint density at radius 2 is 2.28 bits per heavy atom. The van der Waals surface area contributed by atoms with Crippen molar-refractivity contribution in [1.29, 1.82) is 0 Å². The number of ether oxygens (including phenoxy) is 1. The van der Waals surface area contributed by atoms with Gasteiger partial charge >= 0.3 is 6.09 Å². The monoisotopic (exact) mass is 250 g/mol. The number of anilines is 1. The van der Waals surface area contributed by atoms with Crippen molar-refractivity contribution in [2.75, 3.05) is 11.9 Å². The van der Waals surface area contributed by atoms with E-state index in [0.29, 0.717) is 12.3 Å². The molecule has 1 aliphatic heterocycles. The maximum Gasteiger partial charge on any atom is 0.418 e. The molecule has 0 bridgehead atoms. The van der Waals surface area contributed by atoms with Crippen molar-refractivity contribution >= 4 is 17.7 Å². The fourth-order valence-electron chi connectivity index (χ4n) is 1.89. The number of carboxylic acid groups (broad SMARTS) is 1. The van der Waals surface area contributed by atoms with Gasteiger partial charge in [-0.05, 0) is 31.7 Å². The van der Waals surface area contributed by atoms with Crippen molar-refractivity contribution in [3.8, 4) is 5.75 Å². The molecule has 2 N–H and O–H groups in total. The van der Waals surface area contributed by atoms with Crippen LogP contribution in [0.5, 0.6) is 5.75 Å². The summed E-state index contributed by atoms with van der Waals surface area (Å²) in [5.41, 5.74) is 1.16. The molecule has 1 atom stereocenters. The summed E-state index contributed by atoms with van der Waals surface area (Å²) >= 11 is 0. The molecule has 1 heterocycles. The second-order valence-electron chi connectivity index (χ2n) is 4.05. The summed E-state index contributed by atoms with van der Waals surface area (Å²) in [7, 11) is 1.79. The molecule has 0 aliphatic carbocycles. The van der Waals surface area contributed by atoms with E-state index in [1.165, 1.54) is 6.92 Å². The normalized spacial score (nSPS) is 18.2. The molecule has 1 aromatic carbocycles. The molecule has 0 radical (unpaired) electrons. The summed E-state index contributed by atoms with van der Waals surface area (Å²) in [6.07, 6.45) is -2.08. The van der Waals surface area contributed by atoms with E-state index >= 15 is 0 Å². The van der Waals surface area contributed by atoms with Gasteiger partial charge in [0.25, 0.3) is 5.91 Å². The number of hydrogen-bond donors (Lipinski definition) is 2. The highest BCUT2D eigenvalue weighted by molar-refractivity contribution is 6.15. The van der Waals surface area contributed by atoms with Crippen molar-refractivity contribution in [3.05, 3.63) is 23.8 Å². The third-order valence-electron chi connectivity index (χ3n) is 2.71. The van der Waals surface area contributed by atoms with Crippen LogP contribution >= 0.6 is 0 Å². The molecule has 0 saturated heterocycles. The van der Waals surface area contributed by atoms with E-state index in [-0.39, 0.29) is 5.69 Å². The first-order valence-electron chi connectivity index (χ1n) is 5.55. The number of rotatable bonds is 2. The van der Waals surface area contributed by atoms with Crippen LogP contribution in [0.3, 0.4) is 0 Å². The van der Waals surface area contributed by atoms with E-state index in [2.05, 4.69) is 5.32 Å². The average molecular weight is 250 g/mol. The number of nitrogens with one attached hydrogen (secondary N) is 1. The van der Waals surface area contributed by atoms with Gasteiger partial charge in [-0.15, -0.1) is 0 Å². The van der Waals surface area contributed by atoms with E-state index in [4.69, 9.17) is 9.84 Å². The molecular formula is C12H14N2O4. The molecule has 96 valence electrons. The van der Waals surface area contributed by atoms with Crippen LogP contribution in [0.15, 0.2) is 18.2 Å². The van der Waals surface area contributed by atoms with Crippen molar-refractivity contribution in [3.63, 3.8) is 0 Å². The predicted octanol–water partition coefficient (Wildman–Crippen LogP) is 1.20. The number of imide groups is 1. The van der Waals surface area contributed by atoms with Crippen LogP contribution in [-0.2, 0) is 11.3 Å². The molecule has 0 fully saturated rings. The third kappa shape index (κ3) is 2.02. The van der Waals surface area contributed by atoms with Gasteiger partial charge in [-0.2, -0.15) is 0 Å². The first-order chi connectivity index (χ1) is 8.54. The third-order valence-corrected chi connectivity index (χ3v) is 2.71. The summed E-state index contributed by atoms with van der Waals surface area (Å²) < 4.78 is 5.38. The van der Waals surface area contributed by atoms with Crippen molar-refractivity contribution in [1.82, 2.24) is 5.32 Å². The van der Waals surface area contributed by atoms with Gasteiger partial charge in [0, 0.05) is 6.54 Å². The first-order valence-corrected chi connectivity index (χ1v) is 5.55. The van der Waals surface area contributed by atoms with E-state index in [9.17, 15) is 9.59 Å². The number of fused-ring (bicyclic) bond motifs is 1. The fourth-order valence-corrected chi connectivity index (χ4v) is 1.89. The van der Waals surface area contributed by atoms with Gasteiger partial charge in [0.1, 0.15) is 5.75 Å². The molecular weight excluding hydrogens is 236 g/mol. The van der Waals surface area contributed by atoms with E-state index in [1.54, 1.807) is 19.2 Å². The van der Waals surface area contributed by atoms with Crippen molar-refractivity contribution < 1.29 is 19.4 Å². The number of nitrogens with zero attached hydrogens (tertiary/aromatic N) is 1. The molecule has 0 spiro atoms. The summed E-state index contributed by atoms with van der Waals surface area (Å²) in [5.74, 6) is -0.166. The SMILES string of the molecule is CNCc1ccc2c(c1)N(C(=O)O)C(=O)C(C)O2. The Bertz CT molecular complexity index is 501. The maximum absolute atomic E-state index is 11.8. The summed E-state index contributed by atoms with van der Waals surface area (Å²) in [5, 5.41) is 12.1. The molecule has 2 rings (SSSR count). The van der Waals surface area contributed by atoms with Gasteiger partial charge in [0.2, 0.25) is 0 Å². The predicted molar refractivity (Wildman–Crippen MR) is 64.8 cm³/mol. The lowest BCUT2D eigenvalue weighted by molar-refractivity contribution is -0.124. The number of hydrogen-bond acceptors (Lipinski definition) is 4. The van der Waals surface area contributed by atoms with Crippen LogP contribution in [0.1, 0.15) is 12.5 Å². The number of carbonyl (C=O) groups excluding carboxylic acids is 1. The van der Waals surface area contributed by atoms with Gasteiger partial charge in [-0.1, -0.05) is 6.07 Å². The van der Waals surface area contributed by atoms with Crippen LogP contribution in [0, 0.1) is 0 Å². The smallest absolute Gasteiger partial charge is 0.418 e. The number of carbonyl (C=O) groups is 2. The largest absolute Gasteiger partial charge is 0.479 e. The molecule has 1 aromatic rings. The van der Waals surface area contributed by atoms with Crippen LogP contribution in [0.4, 0.5) is 10.5 Å². The van der Waals surface area contributed by atoms with E-state index < -0.39 is 18.1 Å². The molecule has 0 saturated carbocycles. The van der Waals surface area contributed by atoms with Crippen molar-refractivity contribution in [2.45, 2.75) is 19.6 Å². The minimum Gasteiger partial charge on any atom is -0.479 e. The molecule has 6 nitrogen and oxygen atoms in total. The fraction of sp³-hybridized carbons (Fsp3) is 0.333. The highest BCUT2D eigenvalue weighted by Gasteiger charge is 2.35. The van der Waals surface area contributed by atoms with Gasteiger partial charge in [-0.3, -0.25) is 4.79 Å². The lowest BCUT2D eigenvalue weighted by Crippen LogP contribution is -2.47. The minimum atomic E-state index is -1.29. The Morgan fingerprint density at radius 1 is 1.56 bits per heavy atom. The first kappa shape index (κ1) is 12.4. The minimum absolute atomic E-state index is 0.276. The quantitative estimate of drug-likeness (QED) is 0.824. The van der Waals surface area contributed by atoms with Crippen LogP contribution in [0.2, 0.25) is 0 Å². The highest BCUT2D eigenvalue weighted by Crippen LogP contribution is 2.34. The van der Waals surface area contributed by atoms with Crippen molar-refractivity contribution in [2.24, 2.45) is 0 Å². The van der Waals surface area contributed by atoms with Gasteiger partial charge < -0.3 is 15.2 Å². The molecule has 2 amide bonds. The maximum atomic E-state index is 11.8. The zero-order valence-corrected chi connectivity index (χ0v) is 10.1. The lowest BCUT2D eigenvalue weighted by Gasteiger charge is -2.30. The standard InChI is InChI=1S/C12H14N2O4/c1-7-11(15)14(12(16)17)9-5-8(6-13-2)3-4-10(9)18-7/h3-5,7,13H,6H2,1-2H3,(H,16,17). The molecule has 6 heteroatoms. The summed E-state index contributed by atoms with van der Waals surface area (Å²) in [4.78, 5) is 23.7. The van der Waals surface area contributed by atoms with Gasteiger partial charge in [-0.25, -0.2) is 9.69 Å². The molecule has 1 unspecified atom stereocenters. The molecule has 18 heavy (non-hydrogen) atoms. The Hall–Kier alpha value is -2.08. The zero-order valence-electron chi connectivity index (χ0n) is 10.1.